The van der Waals surface area contributed by atoms with Crippen LogP contribution in [0.4, 0.5) is 0 Å². The summed E-state index contributed by atoms with van der Waals surface area (Å²) < 4.78 is 0. The zero-order chi connectivity index (χ0) is 38.6. The van der Waals surface area contributed by atoms with Gasteiger partial charge in [-0.1, -0.05) is 206 Å². The number of benzene rings is 1. The third-order valence-corrected chi connectivity index (χ3v) is 11.0. The van der Waals surface area contributed by atoms with Crippen LogP contribution in [-0.4, -0.2) is 46.9 Å². The van der Waals surface area contributed by atoms with Gasteiger partial charge in [-0.05, 0) is 44.0 Å². The van der Waals surface area contributed by atoms with Crippen molar-refractivity contribution in [1.29, 1.82) is 0 Å². The van der Waals surface area contributed by atoms with E-state index in [4.69, 9.17) is 5.11 Å². The molecule has 2 amide bonds. The van der Waals surface area contributed by atoms with Gasteiger partial charge in [0, 0.05) is 24.2 Å². The molecule has 2 N–H and O–H groups in total. The summed E-state index contributed by atoms with van der Waals surface area (Å²) in [7, 11) is 0. The second kappa shape index (κ2) is 35.3. The minimum Gasteiger partial charge on any atom is -0.480 e. The van der Waals surface area contributed by atoms with Crippen molar-refractivity contribution in [1.82, 2.24) is 10.2 Å². The van der Waals surface area contributed by atoms with Gasteiger partial charge in [-0.15, -0.1) is 0 Å². The van der Waals surface area contributed by atoms with E-state index in [0.29, 0.717) is 11.1 Å². The van der Waals surface area contributed by atoms with Gasteiger partial charge < -0.3 is 15.3 Å². The third kappa shape index (κ3) is 27.8. The predicted molar refractivity (Wildman–Crippen MR) is 226 cm³/mol. The van der Waals surface area contributed by atoms with Crippen molar-refractivity contribution in [3.05, 3.63) is 35.4 Å². The summed E-state index contributed by atoms with van der Waals surface area (Å²) in [5.41, 5.74) is 0.942. The molecule has 0 aliphatic heterocycles. The monoisotopic (exact) mass is 741 g/mol. The van der Waals surface area contributed by atoms with Gasteiger partial charge in [0.1, 0.15) is 6.04 Å². The molecule has 0 aromatic heterocycles. The maximum absolute atomic E-state index is 13.6. The van der Waals surface area contributed by atoms with Crippen LogP contribution in [-0.2, 0) is 4.79 Å². The van der Waals surface area contributed by atoms with E-state index in [0.717, 1.165) is 38.8 Å². The highest BCUT2D eigenvalue weighted by Gasteiger charge is 2.18. The average Bonchev–Trinajstić information content (AvgIpc) is 3.16. The summed E-state index contributed by atoms with van der Waals surface area (Å²) in [5, 5.41) is 11.6. The Balaban J connectivity index is 2.36. The van der Waals surface area contributed by atoms with E-state index in [1.54, 1.807) is 24.3 Å². The molecule has 0 heterocycles. The van der Waals surface area contributed by atoms with Crippen molar-refractivity contribution in [2.24, 2.45) is 0 Å². The van der Waals surface area contributed by atoms with Crippen molar-refractivity contribution >= 4 is 17.8 Å². The van der Waals surface area contributed by atoms with E-state index in [9.17, 15) is 14.4 Å². The van der Waals surface area contributed by atoms with Gasteiger partial charge in [-0.2, -0.15) is 0 Å². The molecule has 0 fully saturated rings. The molecule has 6 nitrogen and oxygen atoms in total. The number of aliphatic carboxylic acids is 1. The number of carbonyl (C=O) groups is 3. The summed E-state index contributed by atoms with van der Waals surface area (Å²) >= 11 is 0. The molecule has 0 saturated carbocycles. The molecule has 0 bridgehead atoms. The molecule has 6 heteroatoms. The summed E-state index contributed by atoms with van der Waals surface area (Å²) in [6, 6.07) is 5.68. The number of nitrogens with zero attached hydrogens (tertiary/aromatic N) is 1. The second-order valence-electron chi connectivity index (χ2n) is 16.0. The number of carboxylic acid groups (broad SMARTS) is 1. The van der Waals surface area contributed by atoms with Crippen LogP contribution in [0.15, 0.2) is 24.3 Å². The highest BCUT2D eigenvalue weighted by atomic mass is 16.4. The summed E-state index contributed by atoms with van der Waals surface area (Å²) in [5.74, 6) is -1.50. The Morgan fingerprint density at radius 2 is 0.736 bits per heavy atom. The molecule has 0 spiro atoms. The minimum atomic E-state index is -1.08. The Hall–Kier alpha value is -2.37. The second-order valence-corrected chi connectivity index (χ2v) is 16.0. The summed E-state index contributed by atoms with van der Waals surface area (Å²) in [6.07, 6.45) is 42.7. The average molecular weight is 741 g/mol. The van der Waals surface area contributed by atoms with E-state index >= 15 is 0 Å². The van der Waals surface area contributed by atoms with E-state index in [1.165, 1.54) is 187 Å². The Kier molecular flexibility index (Phi) is 32.4. The standard InChI is InChI=1S/C47H84N2O4/c1-4-6-8-10-12-14-16-18-20-22-24-26-28-30-32-34-40-49(46(51)44-38-36-43(37-39-44)45(50)48-42(3)47(52)53)41-35-33-31-29-27-25-23-21-19-17-15-13-11-9-7-5-2/h36-39,42H,4-35,40-41H2,1-3H3,(H,48,50)(H,52,53)/t42-/m0/s1. The van der Waals surface area contributed by atoms with Crippen LogP contribution in [0.25, 0.3) is 0 Å². The first-order valence-electron chi connectivity index (χ1n) is 22.8. The van der Waals surface area contributed by atoms with Crippen LogP contribution in [0, 0.1) is 0 Å². The van der Waals surface area contributed by atoms with Crippen LogP contribution < -0.4 is 5.32 Å². The van der Waals surface area contributed by atoms with Crippen molar-refractivity contribution < 1.29 is 19.5 Å². The third-order valence-electron chi connectivity index (χ3n) is 11.0. The largest absolute Gasteiger partial charge is 0.480 e. The molecule has 1 aromatic rings. The fourth-order valence-electron chi connectivity index (χ4n) is 7.30. The smallest absolute Gasteiger partial charge is 0.325 e. The van der Waals surface area contributed by atoms with Crippen molar-refractivity contribution in [2.75, 3.05) is 13.1 Å². The molecule has 53 heavy (non-hydrogen) atoms. The van der Waals surface area contributed by atoms with Gasteiger partial charge in [0.25, 0.3) is 11.8 Å². The van der Waals surface area contributed by atoms with Crippen molar-refractivity contribution in [2.45, 2.75) is 232 Å². The predicted octanol–water partition coefficient (Wildman–Crippen LogP) is 13.9. The normalized spacial score (nSPS) is 11.8. The van der Waals surface area contributed by atoms with E-state index in [-0.39, 0.29) is 5.91 Å². The lowest BCUT2D eigenvalue weighted by molar-refractivity contribution is -0.138. The SMILES string of the molecule is CCCCCCCCCCCCCCCCCCN(CCCCCCCCCCCCCCCCCC)C(=O)c1ccc(C(=O)N[C@@H](C)C(=O)O)cc1. The van der Waals surface area contributed by atoms with Gasteiger partial charge in [0.15, 0.2) is 0 Å². The fourth-order valence-corrected chi connectivity index (χ4v) is 7.30. The Bertz CT molecular complexity index is 974. The minimum absolute atomic E-state index is 0.0257. The van der Waals surface area contributed by atoms with Crippen LogP contribution in [0.5, 0.6) is 0 Å². The van der Waals surface area contributed by atoms with Crippen LogP contribution in [0.2, 0.25) is 0 Å². The number of rotatable bonds is 38. The number of amides is 2. The summed E-state index contributed by atoms with van der Waals surface area (Å²) in [4.78, 5) is 39.2. The van der Waals surface area contributed by atoms with Gasteiger partial charge in [-0.3, -0.25) is 14.4 Å². The van der Waals surface area contributed by atoms with E-state index in [2.05, 4.69) is 19.2 Å². The number of hydrogen-bond acceptors (Lipinski definition) is 3. The maximum Gasteiger partial charge on any atom is 0.325 e. The molecular formula is C47H84N2O4. The first-order chi connectivity index (χ1) is 25.9. The highest BCUT2D eigenvalue weighted by molar-refractivity contribution is 5.99. The van der Waals surface area contributed by atoms with Gasteiger partial charge >= 0.3 is 5.97 Å². The molecule has 1 rings (SSSR count). The summed E-state index contributed by atoms with van der Waals surface area (Å²) in [6.45, 7) is 7.54. The van der Waals surface area contributed by atoms with E-state index in [1.807, 2.05) is 4.90 Å². The molecule has 0 aliphatic rings. The number of nitrogens with one attached hydrogen (secondary N) is 1. The number of carbonyl (C=O) groups excluding carboxylic acids is 2. The maximum atomic E-state index is 13.6. The molecule has 0 saturated heterocycles. The molecule has 1 atom stereocenters. The Morgan fingerprint density at radius 1 is 0.472 bits per heavy atom. The molecule has 0 radical (unpaired) electrons. The van der Waals surface area contributed by atoms with Gasteiger partial charge in [-0.25, -0.2) is 0 Å². The van der Waals surface area contributed by atoms with Crippen LogP contribution in [0.3, 0.4) is 0 Å². The number of carboxylic acids is 1. The number of hydrogen-bond donors (Lipinski definition) is 2. The molecule has 1 aromatic carbocycles. The first kappa shape index (κ1) is 48.6. The van der Waals surface area contributed by atoms with Gasteiger partial charge in [0.05, 0.1) is 0 Å². The zero-order valence-electron chi connectivity index (χ0n) is 35.0. The highest BCUT2D eigenvalue weighted by Crippen LogP contribution is 2.17. The molecule has 0 aliphatic carbocycles. The van der Waals surface area contributed by atoms with E-state index < -0.39 is 17.9 Å². The lowest BCUT2D eigenvalue weighted by Gasteiger charge is -2.23. The number of unbranched alkanes of at least 4 members (excludes halogenated alkanes) is 30. The molecule has 306 valence electrons. The quantitative estimate of drug-likeness (QED) is 0.0661. The van der Waals surface area contributed by atoms with Crippen molar-refractivity contribution in [3.63, 3.8) is 0 Å². The van der Waals surface area contributed by atoms with Crippen molar-refractivity contribution in [3.8, 4) is 0 Å². The zero-order valence-corrected chi connectivity index (χ0v) is 35.0. The van der Waals surface area contributed by atoms with Gasteiger partial charge in [0.2, 0.25) is 0 Å². The Labute approximate surface area is 327 Å². The first-order valence-corrected chi connectivity index (χ1v) is 22.8. The van der Waals surface area contributed by atoms with Crippen LogP contribution in [0.1, 0.15) is 247 Å². The van der Waals surface area contributed by atoms with Crippen LogP contribution >= 0.6 is 0 Å². The molecule has 0 unspecified atom stereocenters. The fraction of sp³-hybridized carbons (Fsp3) is 0.809. The molecular weight excluding hydrogens is 657 g/mol. The lowest BCUT2D eigenvalue weighted by atomic mass is 10.0. The Morgan fingerprint density at radius 3 is 1.02 bits per heavy atom. The lowest BCUT2D eigenvalue weighted by Crippen LogP contribution is -2.38. The topological polar surface area (TPSA) is 86.7 Å².